The van der Waals surface area contributed by atoms with Crippen LogP contribution in [0.15, 0.2) is 48.7 Å². The molecule has 29 heavy (non-hydrogen) atoms. The number of hydrogen-bond donors (Lipinski definition) is 1. The minimum Gasteiger partial charge on any atom is -0.339 e. The van der Waals surface area contributed by atoms with Crippen molar-refractivity contribution in [3.05, 3.63) is 65.5 Å². The molecule has 1 aromatic carbocycles. The molecule has 3 heterocycles. The summed E-state index contributed by atoms with van der Waals surface area (Å²) in [5, 5.41) is 3.67. The third-order valence-electron chi connectivity index (χ3n) is 5.78. The third-order valence-corrected chi connectivity index (χ3v) is 7.05. The molecule has 0 aliphatic carbocycles. The number of thioether (sulfide) groups is 1. The highest BCUT2D eigenvalue weighted by molar-refractivity contribution is 7.99. The summed E-state index contributed by atoms with van der Waals surface area (Å²) in [6.45, 7) is 6.73. The van der Waals surface area contributed by atoms with Gasteiger partial charge in [0.1, 0.15) is 0 Å². The predicted molar refractivity (Wildman–Crippen MR) is 119 cm³/mol. The van der Waals surface area contributed by atoms with Gasteiger partial charge in [0.25, 0.3) is 0 Å². The van der Waals surface area contributed by atoms with E-state index in [1.165, 1.54) is 12.0 Å². The molecule has 0 spiro atoms. The van der Waals surface area contributed by atoms with Crippen molar-refractivity contribution in [2.75, 3.05) is 38.5 Å². The highest BCUT2D eigenvalue weighted by Crippen LogP contribution is 2.33. The number of carbonyl (C=O) groups is 1. The van der Waals surface area contributed by atoms with E-state index in [1.807, 2.05) is 24.1 Å². The number of aromatic nitrogens is 1. The van der Waals surface area contributed by atoms with E-state index in [0.717, 1.165) is 56.2 Å². The van der Waals surface area contributed by atoms with Crippen LogP contribution in [0.3, 0.4) is 0 Å². The highest BCUT2D eigenvalue weighted by Gasteiger charge is 2.34. The van der Waals surface area contributed by atoms with E-state index < -0.39 is 0 Å². The lowest BCUT2D eigenvalue weighted by Gasteiger charge is -2.36. The molecule has 1 amide bonds. The number of nitrogens with zero attached hydrogens (tertiary/aromatic N) is 3. The monoisotopic (exact) mass is 410 g/mol. The molecule has 154 valence electrons. The van der Waals surface area contributed by atoms with Gasteiger partial charge in [-0.2, -0.15) is 0 Å². The van der Waals surface area contributed by atoms with Crippen LogP contribution < -0.4 is 5.32 Å². The lowest BCUT2D eigenvalue weighted by Crippen LogP contribution is -2.53. The van der Waals surface area contributed by atoms with Gasteiger partial charge in [0.2, 0.25) is 5.91 Å². The Bertz CT molecular complexity index is 790. The number of benzene rings is 1. The minimum atomic E-state index is -0.0871. The zero-order chi connectivity index (χ0) is 20.1. The standard InChI is InChI=1S/C23H30N4OS/c1-18-9-10-20(16-24-18)22-25-21(17-29-22)23(28)27-14-12-26(13-15-27)11-5-8-19-6-3-2-4-7-19/h2-4,6-7,9-10,16,21-22,25H,5,8,11-15,17H2,1H3. The summed E-state index contributed by atoms with van der Waals surface area (Å²) in [6, 6.07) is 14.7. The van der Waals surface area contributed by atoms with Crippen LogP contribution in [0.25, 0.3) is 0 Å². The Labute approximate surface area is 177 Å². The molecule has 4 rings (SSSR count). The zero-order valence-electron chi connectivity index (χ0n) is 17.1. The molecule has 2 aliphatic heterocycles. The number of carbonyl (C=O) groups excluding carboxylic acids is 1. The normalized spacial score (nSPS) is 22.7. The van der Waals surface area contributed by atoms with Gasteiger partial charge in [-0.15, -0.1) is 11.8 Å². The molecule has 2 aliphatic rings. The average Bonchev–Trinajstić information content (AvgIpc) is 3.25. The second kappa shape index (κ2) is 9.74. The molecule has 2 atom stereocenters. The summed E-state index contributed by atoms with van der Waals surface area (Å²) in [4.78, 5) is 21.9. The molecule has 2 saturated heterocycles. The fourth-order valence-corrected chi connectivity index (χ4v) is 5.22. The number of aryl methyl sites for hydroxylation is 2. The van der Waals surface area contributed by atoms with Gasteiger partial charge in [0.15, 0.2) is 0 Å². The maximum Gasteiger partial charge on any atom is 0.240 e. The van der Waals surface area contributed by atoms with Gasteiger partial charge in [-0.25, -0.2) is 0 Å². The first-order valence-electron chi connectivity index (χ1n) is 10.5. The SMILES string of the molecule is Cc1ccc(C2NC(C(=O)N3CCN(CCCc4ccccc4)CC3)CS2)cn1. The number of hydrogen-bond acceptors (Lipinski definition) is 5. The van der Waals surface area contributed by atoms with Crippen molar-refractivity contribution in [3.8, 4) is 0 Å². The van der Waals surface area contributed by atoms with Crippen LogP contribution in [0, 0.1) is 6.92 Å². The van der Waals surface area contributed by atoms with Crippen molar-refractivity contribution in [2.24, 2.45) is 0 Å². The van der Waals surface area contributed by atoms with Gasteiger partial charge in [-0.3, -0.25) is 20.0 Å². The predicted octanol–water partition coefficient (Wildman–Crippen LogP) is 2.87. The Hall–Kier alpha value is -1.89. The molecule has 5 nitrogen and oxygen atoms in total. The van der Waals surface area contributed by atoms with Crippen molar-refractivity contribution in [1.29, 1.82) is 0 Å². The second-order valence-corrected chi connectivity index (χ2v) is 9.06. The minimum absolute atomic E-state index is 0.0871. The van der Waals surface area contributed by atoms with Crippen LogP contribution in [0.4, 0.5) is 0 Å². The number of rotatable bonds is 6. The van der Waals surface area contributed by atoms with E-state index >= 15 is 0 Å². The maximum atomic E-state index is 13.0. The van der Waals surface area contributed by atoms with E-state index in [2.05, 4.69) is 51.6 Å². The first-order chi connectivity index (χ1) is 14.2. The molecular formula is C23H30N4OS. The summed E-state index contributed by atoms with van der Waals surface area (Å²) < 4.78 is 0. The van der Waals surface area contributed by atoms with Crippen molar-refractivity contribution in [1.82, 2.24) is 20.1 Å². The summed E-state index contributed by atoms with van der Waals surface area (Å²) in [7, 11) is 0. The lowest BCUT2D eigenvalue weighted by atomic mass is 10.1. The Morgan fingerprint density at radius 1 is 1.14 bits per heavy atom. The number of pyridine rings is 1. The van der Waals surface area contributed by atoms with E-state index in [4.69, 9.17) is 0 Å². The van der Waals surface area contributed by atoms with Crippen LogP contribution in [0.1, 0.15) is 28.6 Å². The quantitative estimate of drug-likeness (QED) is 0.794. The Morgan fingerprint density at radius 3 is 2.66 bits per heavy atom. The molecule has 1 N–H and O–H groups in total. The van der Waals surface area contributed by atoms with Gasteiger partial charge in [0.05, 0.1) is 11.4 Å². The molecule has 1 aromatic heterocycles. The van der Waals surface area contributed by atoms with Crippen LogP contribution in [0.5, 0.6) is 0 Å². The fourth-order valence-electron chi connectivity index (χ4n) is 4.00. The Morgan fingerprint density at radius 2 is 1.93 bits per heavy atom. The number of nitrogens with one attached hydrogen (secondary N) is 1. The molecule has 2 fully saturated rings. The molecule has 2 aromatic rings. The zero-order valence-corrected chi connectivity index (χ0v) is 17.9. The van der Waals surface area contributed by atoms with Gasteiger partial charge < -0.3 is 4.90 Å². The third kappa shape index (κ3) is 5.38. The summed E-state index contributed by atoms with van der Waals surface area (Å²) in [6.07, 6.45) is 4.21. The lowest BCUT2D eigenvalue weighted by molar-refractivity contribution is -0.134. The smallest absolute Gasteiger partial charge is 0.240 e. The Balaban J connectivity index is 1.19. The molecule has 0 bridgehead atoms. The topological polar surface area (TPSA) is 48.5 Å². The Kier molecular flexibility index (Phi) is 6.85. The van der Waals surface area contributed by atoms with Crippen molar-refractivity contribution < 1.29 is 4.79 Å². The molecule has 0 radical (unpaired) electrons. The summed E-state index contributed by atoms with van der Waals surface area (Å²) in [5.74, 6) is 1.08. The van der Waals surface area contributed by atoms with Gasteiger partial charge >= 0.3 is 0 Å². The summed E-state index contributed by atoms with van der Waals surface area (Å²) in [5.41, 5.74) is 3.58. The highest BCUT2D eigenvalue weighted by atomic mass is 32.2. The van der Waals surface area contributed by atoms with E-state index in [9.17, 15) is 4.79 Å². The van der Waals surface area contributed by atoms with Crippen molar-refractivity contribution >= 4 is 17.7 Å². The van der Waals surface area contributed by atoms with Crippen LogP contribution in [0.2, 0.25) is 0 Å². The van der Waals surface area contributed by atoms with Gasteiger partial charge in [0, 0.05) is 43.8 Å². The maximum absolute atomic E-state index is 13.0. The molecular weight excluding hydrogens is 380 g/mol. The van der Waals surface area contributed by atoms with E-state index in [-0.39, 0.29) is 17.3 Å². The molecule has 0 saturated carbocycles. The van der Waals surface area contributed by atoms with Crippen molar-refractivity contribution in [3.63, 3.8) is 0 Å². The van der Waals surface area contributed by atoms with Crippen LogP contribution in [-0.2, 0) is 11.2 Å². The van der Waals surface area contributed by atoms with Crippen molar-refractivity contribution in [2.45, 2.75) is 31.2 Å². The van der Waals surface area contributed by atoms with E-state index in [1.54, 1.807) is 11.8 Å². The summed E-state index contributed by atoms with van der Waals surface area (Å²) >= 11 is 1.80. The molecule has 6 heteroatoms. The van der Waals surface area contributed by atoms with E-state index in [0.29, 0.717) is 0 Å². The van der Waals surface area contributed by atoms with Crippen LogP contribution >= 0.6 is 11.8 Å². The number of amides is 1. The average molecular weight is 411 g/mol. The fraction of sp³-hybridized carbons (Fsp3) is 0.478. The first-order valence-corrected chi connectivity index (χ1v) is 11.6. The second-order valence-electron chi connectivity index (χ2n) is 7.92. The molecule has 2 unspecified atom stereocenters. The number of piperazine rings is 1. The van der Waals surface area contributed by atoms with Gasteiger partial charge in [-0.05, 0) is 43.5 Å². The van der Waals surface area contributed by atoms with Gasteiger partial charge in [-0.1, -0.05) is 36.4 Å². The largest absolute Gasteiger partial charge is 0.339 e. The van der Waals surface area contributed by atoms with Crippen LogP contribution in [-0.4, -0.2) is 65.2 Å². The first kappa shape index (κ1) is 20.4.